The first-order valence-corrected chi connectivity index (χ1v) is 9.77. The summed E-state index contributed by atoms with van der Waals surface area (Å²) in [5.41, 5.74) is 1.71. The summed E-state index contributed by atoms with van der Waals surface area (Å²) in [6.45, 7) is 5.41. The number of hydrogen-bond acceptors (Lipinski definition) is 4. The molecular weight excluding hydrogens is 352 g/mol. The Bertz CT molecular complexity index is 846. The Balaban J connectivity index is 2.21. The van der Waals surface area contributed by atoms with Gasteiger partial charge < -0.3 is 10.1 Å². The van der Waals surface area contributed by atoms with Crippen molar-refractivity contribution in [2.24, 2.45) is 0 Å². The van der Waals surface area contributed by atoms with Crippen molar-refractivity contribution in [3.63, 3.8) is 0 Å². The van der Waals surface area contributed by atoms with Crippen LogP contribution in [0.25, 0.3) is 0 Å². The summed E-state index contributed by atoms with van der Waals surface area (Å²) in [5.74, 6) is 0.185. The fraction of sp³-hybridized carbons (Fsp3) is 0.316. The second-order valence-corrected chi connectivity index (χ2v) is 7.81. The van der Waals surface area contributed by atoms with Crippen molar-refractivity contribution in [1.82, 2.24) is 4.31 Å². The predicted octanol–water partition coefficient (Wildman–Crippen LogP) is 3.04. The second kappa shape index (κ2) is 8.33. The zero-order valence-corrected chi connectivity index (χ0v) is 16.2. The molecule has 0 aliphatic heterocycles. The Labute approximate surface area is 154 Å². The number of nitrogens with one attached hydrogen (secondary N) is 1. The molecule has 1 atom stereocenters. The van der Waals surface area contributed by atoms with Crippen LogP contribution < -0.4 is 10.1 Å². The van der Waals surface area contributed by atoms with E-state index in [4.69, 9.17) is 4.74 Å². The van der Waals surface area contributed by atoms with Crippen LogP contribution in [-0.2, 0) is 14.8 Å². The van der Waals surface area contributed by atoms with Crippen molar-refractivity contribution >= 4 is 21.6 Å². The number of nitrogens with zero attached hydrogens (tertiary/aromatic N) is 1. The van der Waals surface area contributed by atoms with Gasteiger partial charge in [-0.1, -0.05) is 24.6 Å². The van der Waals surface area contributed by atoms with Crippen molar-refractivity contribution < 1.29 is 17.9 Å². The number of anilines is 1. The number of ether oxygens (including phenoxy) is 1. The Hall–Kier alpha value is -2.38. The molecule has 140 valence electrons. The maximum Gasteiger partial charge on any atom is 0.243 e. The fourth-order valence-electron chi connectivity index (χ4n) is 2.55. The summed E-state index contributed by atoms with van der Waals surface area (Å²) >= 11 is 0. The van der Waals surface area contributed by atoms with Crippen LogP contribution in [0.2, 0.25) is 0 Å². The third-order valence-corrected chi connectivity index (χ3v) is 6.17. The van der Waals surface area contributed by atoms with E-state index in [2.05, 4.69) is 5.32 Å². The smallest absolute Gasteiger partial charge is 0.243 e. The predicted molar refractivity (Wildman–Crippen MR) is 102 cm³/mol. The molecule has 0 radical (unpaired) electrons. The van der Waals surface area contributed by atoms with Crippen molar-refractivity contribution in [2.75, 3.05) is 19.0 Å². The van der Waals surface area contributed by atoms with Crippen molar-refractivity contribution in [1.29, 1.82) is 0 Å². The van der Waals surface area contributed by atoms with E-state index in [0.717, 1.165) is 5.56 Å². The first-order chi connectivity index (χ1) is 12.3. The molecule has 6 nitrogen and oxygen atoms in total. The summed E-state index contributed by atoms with van der Waals surface area (Å²) in [6.07, 6.45) is 0. The molecule has 26 heavy (non-hydrogen) atoms. The molecule has 0 heterocycles. The van der Waals surface area contributed by atoms with Gasteiger partial charge in [-0.15, -0.1) is 0 Å². The lowest BCUT2D eigenvalue weighted by atomic mass is 10.2. The number of hydrogen-bond donors (Lipinski definition) is 1. The molecule has 0 saturated carbocycles. The number of likely N-dealkylation sites (N-methyl/N-ethyl adjacent to an activating group) is 1. The lowest BCUT2D eigenvalue weighted by Crippen LogP contribution is -2.45. The minimum Gasteiger partial charge on any atom is -0.497 e. The van der Waals surface area contributed by atoms with E-state index in [1.54, 1.807) is 38.1 Å². The SMILES string of the molecule is CCN([C@@H](C)C(=O)Nc1ccc(C)cc1)S(=O)(=O)c1ccc(OC)cc1. The number of rotatable bonds is 7. The third kappa shape index (κ3) is 4.42. The first-order valence-electron chi connectivity index (χ1n) is 8.33. The van der Waals surface area contributed by atoms with Gasteiger partial charge in [-0.2, -0.15) is 4.31 Å². The largest absolute Gasteiger partial charge is 0.497 e. The molecule has 0 spiro atoms. The van der Waals surface area contributed by atoms with Crippen LogP contribution in [0.5, 0.6) is 5.75 Å². The van der Waals surface area contributed by atoms with Gasteiger partial charge in [0.05, 0.1) is 12.0 Å². The highest BCUT2D eigenvalue weighted by molar-refractivity contribution is 7.89. The molecule has 0 saturated heterocycles. The van der Waals surface area contributed by atoms with Crippen molar-refractivity contribution in [3.05, 3.63) is 54.1 Å². The third-order valence-electron chi connectivity index (χ3n) is 4.11. The van der Waals surface area contributed by atoms with E-state index in [1.165, 1.54) is 23.5 Å². The molecule has 0 unspecified atom stereocenters. The second-order valence-electron chi connectivity index (χ2n) is 5.92. The molecule has 7 heteroatoms. The zero-order valence-electron chi connectivity index (χ0n) is 15.4. The Morgan fingerprint density at radius 3 is 2.19 bits per heavy atom. The minimum absolute atomic E-state index is 0.120. The van der Waals surface area contributed by atoms with Gasteiger partial charge in [0.2, 0.25) is 15.9 Å². The van der Waals surface area contributed by atoms with Crippen LogP contribution in [-0.4, -0.2) is 38.3 Å². The molecule has 0 aromatic heterocycles. The number of aryl methyl sites for hydroxylation is 1. The van der Waals surface area contributed by atoms with Crippen molar-refractivity contribution in [2.45, 2.75) is 31.7 Å². The monoisotopic (exact) mass is 376 g/mol. The number of carbonyl (C=O) groups excluding carboxylic acids is 1. The van der Waals surface area contributed by atoms with E-state index in [-0.39, 0.29) is 17.3 Å². The van der Waals surface area contributed by atoms with Gasteiger partial charge in [-0.3, -0.25) is 4.79 Å². The van der Waals surface area contributed by atoms with Crippen LogP contribution >= 0.6 is 0 Å². The lowest BCUT2D eigenvalue weighted by molar-refractivity contribution is -0.119. The van der Waals surface area contributed by atoms with Gasteiger partial charge in [-0.25, -0.2) is 8.42 Å². The van der Waals surface area contributed by atoms with Crippen LogP contribution in [0.4, 0.5) is 5.69 Å². The van der Waals surface area contributed by atoms with E-state index in [0.29, 0.717) is 11.4 Å². The van der Waals surface area contributed by atoms with Crippen LogP contribution in [0.1, 0.15) is 19.4 Å². The fourth-order valence-corrected chi connectivity index (χ4v) is 4.15. The van der Waals surface area contributed by atoms with E-state index >= 15 is 0 Å². The summed E-state index contributed by atoms with van der Waals surface area (Å²) in [5, 5.41) is 2.76. The molecule has 2 aromatic carbocycles. The summed E-state index contributed by atoms with van der Waals surface area (Å²) in [4.78, 5) is 12.7. The molecule has 0 bridgehead atoms. The van der Waals surface area contributed by atoms with E-state index in [1.807, 2.05) is 19.1 Å². The van der Waals surface area contributed by atoms with Gasteiger partial charge >= 0.3 is 0 Å². The average Bonchev–Trinajstić information content (AvgIpc) is 2.63. The molecule has 0 aliphatic rings. The molecule has 1 amide bonds. The van der Waals surface area contributed by atoms with Crippen LogP contribution in [0.15, 0.2) is 53.4 Å². The quantitative estimate of drug-likeness (QED) is 0.806. The number of sulfonamides is 1. The first kappa shape index (κ1) is 19.9. The van der Waals surface area contributed by atoms with Gasteiger partial charge in [0.15, 0.2) is 0 Å². The molecule has 1 N–H and O–H groups in total. The van der Waals surface area contributed by atoms with E-state index < -0.39 is 16.1 Å². The number of methoxy groups -OCH3 is 1. The Morgan fingerprint density at radius 1 is 1.12 bits per heavy atom. The van der Waals surface area contributed by atoms with Crippen molar-refractivity contribution in [3.8, 4) is 5.75 Å². The normalized spacial score (nSPS) is 12.7. The summed E-state index contributed by atoms with van der Waals surface area (Å²) in [7, 11) is -2.29. The maximum atomic E-state index is 12.9. The maximum absolute atomic E-state index is 12.9. The summed E-state index contributed by atoms with van der Waals surface area (Å²) in [6, 6.07) is 12.6. The van der Waals surface area contributed by atoms with Crippen LogP contribution in [0, 0.1) is 6.92 Å². The van der Waals surface area contributed by atoms with Crippen LogP contribution in [0.3, 0.4) is 0 Å². The molecule has 0 fully saturated rings. The molecule has 2 aromatic rings. The molecular formula is C19H24N2O4S. The van der Waals surface area contributed by atoms with Gasteiger partial charge in [-0.05, 0) is 50.2 Å². The molecule has 0 aliphatic carbocycles. The zero-order chi connectivity index (χ0) is 19.3. The Kier molecular flexibility index (Phi) is 6.39. The number of carbonyl (C=O) groups is 1. The number of benzene rings is 2. The lowest BCUT2D eigenvalue weighted by Gasteiger charge is -2.26. The van der Waals surface area contributed by atoms with E-state index in [9.17, 15) is 13.2 Å². The minimum atomic E-state index is -3.80. The Morgan fingerprint density at radius 2 is 1.69 bits per heavy atom. The average molecular weight is 376 g/mol. The highest BCUT2D eigenvalue weighted by Crippen LogP contribution is 2.21. The highest BCUT2D eigenvalue weighted by Gasteiger charge is 2.31. The van der Waals surface area contributed by atoms with Gasteiger partial charge in [0, 0.05) is 12.2 Å². The summed E-state index contributed by atoms with van der Waals surface area (Å²) < 4.78 is 32.1. The topological polar surface area (TPSA) is 75.7 Å². The van der Waals surface area contributed by atoms with Gasteiger partial charge in [0.25, 0.3) is 0 Å². The highest BCUT2D eigenvalue weighted by atomic mass is 32.2. The standard InChI is InChI=1S/C19H24N2O4S/c1-5-21(26(23,24)18-12-10-17(25-4)11-13-18)15(3)19(22)20-16-8-6-14(2)7-9-16/h6-13,15H,5H2,1-4H3,(H,20,22)/t15-/m0/s1. The van der Waals surface area contributed by atoms with Gasteiger partial charge in [0.1, 0.15) is 11.8 Å². The molecule has 2 rings (SSSR count). The number of amides is 1.